The molecule has 4 rings (SSSR count). The summed E-state index contributed by atoms with van der Waals surface area (Å²) in [6.45, 7) is 0.672. The van der Waals surface area contributed by atoms with E-state index < -0.39 is 0 Å². The van der Waals surface area contributed by atoms with Crippen molar-refractivity contribution in [2.24, 2.45) is 0 Å². The Bertz CT molecular complexity index is 955. The lowest BCUT2D eigenvalue weighted by atomic mass is 10.2. The van der Waals surface area contributed by atoms with Crippen molar-refractivity contribution >= 4 is 10.9 Å². The van der Waals surface area contributed by atoms with Gasteiger partial charge in [0, 0.05) is 5.39 Å². The largest absolute Gasteiger partial charge is 0.487 e. The van der Waals surface area contributed by atoms with E-state index in [0.717, 1.165) is 22.3 Å². The van der Waals surface area contributed by atoms with Gasteiger partial charge in [-0.3, -0.25) is 0 Å². The SMILES string of the molecule is c1ccc2nc(COc3ccc(OCc4nn[nH]n4)cc3)ccc2c1. The van der Waals surface area contributed by atoms with E-state index in [1.165, 1.54) is 0 Å². The minimum Gasteiger partial charge on any atom is -0.487 e. The molecule has 25 heavy (non-hydrogen) atoms. The van der Waals surface area contributed by atoms with E-state index in [-0.39, 0.29) is 6.61 Å². The van der Waals surface area contributed by atoms with Crippen molar-refractivity contribution in [3.8, 4) is 11.5 Å². The van der Waals surface area contributed by atoms with Gasteiger partial charge >= 0.3 is 0 Å². The van der Waals surface area contributed by atoms with Gasteiger partial charge < -0.3 is 9.47 Å². The number of para-hydroxylation sites is 1. The number of ether oxygens (including phenoxy) is 2. The molecule has 7 heteroatoms. The first-order chi connectivity index (χ1) is 12.4. The molecule has 0 unspecified atom stereocenters. The third-order valence-electron chi connectivity index (χ3n) is 3.62. The van der Waals surface area contributed by atoms with Crippen LogP contribution in [-0.4, -0.2) is 25.6 Å². The second-order valence-electron chi connectivity index (χ2n) is 5.37. The van der Waals surface area contributed by atoms with Gasteiger partial charge in [0.1, 0.15) is 18.1 Å². The van der Waals surface area contributed by atoms with Crippen molar-refractivity contribution in [2.45, 2.75) is 13.2 Å². The summed E-state index contributed by atoms with van der Waals surface area (Å²) in [6.07, 6.45) is 0. The molecule has 4 aromatic rings. The maximum Gasteiger partial charge on any atom is 0.211 e. The lowest BCUT2D eigenvalue weighted by molar-refractivity contribution is 0.290. The van der Waals surface area contributed by atoms with Crippen molar-refractivity contribution in [1.29, 1.82) is 0 Å². The molecule has 0 aliphatic rings. The number of pyridine rings is 1. The van der Waals surface area contributed by atoms with Crippen LogP contribution in [0.25, 0.3) is 10.9 Å². The third-order valence-corrected chi connectivity index (χ3v) is 3.62. The molecule has 124 valence electrons. The summed E-state index contributed by atoms with van der Waals surface area (Å²) >= 11 is 0. The van der Waals surface area contributed by atoms with Crippen LogP contribution in [-0.2, 0) is 13.2 Å². The second kappa shape index (κ2) is 6.96. The number of hydrogen-bond donors (Lipinski definition) is 1. The molecule has 0 amide bonds. The summed E-state index contributed by atoms with van der Waals surface area (Å²) in [4.78, 5) is 4.59. The highest BCUT2D eigenvalue weighted by atomic mass is 16.5. The van der Waals surface area contributed by atoms with E-state index >= 15 is 0 Å². The fraction of sp³-hybridized carbons (Fsp3) is 0.111. The molecule has 2 aromatic carbocycles. The molecule has 1 N–H and O–H groups in total. The highest BCUT2D eigenvalue weighted by molar-refractivity contribution is 5.78. The summed E-state index contributed by atoms with van der Waals surface area (Å²) in [7, 11) is 0. The Morgan fingerprint density at radius 3 is 2.32 bits per heavy atom. The van der Waals surface area contributed by atoms with Crippen LogP contribution in [0.2, 0.25) is 0 Å². The Morgan fingerprint density at radius 2 is 1.56 bits per heavy atom. The average Bonchev–Trinajstić information content (AvgIpc) is 3.19. The summed E-state index contributed by atoms with van der Waals surface area (Å²) in [6, 6.07) is 19.4. The van der Waals surface area contributed by atoms with E-state index in [2.05, 4.69) is 31.7 Å². The predicted octanol–water partition coefficient (Wildman–Crippen LogP) is 2.91. The zero-order valence-corrected chi connectivity index (χ0v) is 13.3. The molecule has 7 nitrogen and oxygen atoms in total. The van der Waals surface area contributed by atoms with Crippen LogP contribution in [0.15, 0.2) is 60.7 Å². The smallest absolute Gasteiger partial charge is 0.211 e. The van der Waals surface area contributed by atoms with Crippen LogP contribution in [0.3, 0.4) is 0 Å². The van der Waals surface area contributed by atoms with Crippen molar-refractivity contribution in [2.75, 3.05) is 0 Å². The number of rotatable bonds is 6. The first kappa shape index (κ1) is 15.1. The maximum atomic E-state index is 5.79. The molecular formula is C18H15N5O2. The van der Waals surface area contributed by atoms with Crippen LogP contribution in [0.5, 0.6) is 11.5 Å². The number of hydrogen-bond acceptors (Lipinski definition) is 6. The Labute approximate surface area is 143 Å². The molecular weight excluding hydrogens is 318 g/mol. The molecule has 0 radical (unpaired) electrons. The number of tetrazole rings is 1. The molecule has 2 heterocycles. The lowest BCUT2D eigenvalue weighted by Gasteiger charge is -2.08. The van der Waals surface area contributed by atoms with Gasteiger partial charge in [0.05, 0.1) is 11.2 Å². The molecule has 0 spiro atoms. The summed E-state index contributed by atoms with van der Waals surface area (Å²) < 4.78 is 11.4. The molecule has 0 bridgehead atoms. The van der Waals surface area contributed by atoms with E-state index in [1.807, 2.05) is 54.6 Å². The molecule has 0 saturated carbocycles. The fourth-order valence-corrected chi connectivity index (χ4v) is 2.37. The highest BCUT2D eigenvalue weighted by Gasteiger charge is 2.02. The van der Waals surface area contributed by atoms with Gasteiger partial charge in [0.2, 0.25) is 5.82 Å². The van der Waals surface area contributed by atoms with Crippen LogP contribution in [0, 0.1) is 0 Å². The van der Waals surface area contributed by atoms with Crippen LogP contribution in [0.4, 0.5) is 0 Å². The van der Waals surface area contributed by atoms with Crippen molar-refractivity contribution in [3.05, 3.63) is 72.2 Å². The van der Waals surface area contributed by atoms with Crippen LogP contribution in [0.1, 0.15) is 11.5 Å². The van der Waals surface area contributed by atoms with Gasteiger partial charge in [-0.05, 0) is 36.4 Å². The van der Waals surface area contributed by atoms with E-state index in [0.29, 0.717) is 18.2 Å². The summed E-state index contributed by atoms with van der Waals surface area (Å²) in [5.41, 5.74) is 1.85. The molecule has 0 atom stereocenters. The van der Waals surface area contributed by atoms with Gasteiger partial charge in [0.25, 0.3) is 0 Å². The zero-order valence-electron chi connectivity index (χ0n) is 13.3. The first-order valence-electron chi connectivity index (χ1n) is 7.79. The first-order valence-corrected chi connectivity index (χ1v) is 7.79. The third kappa shape index (κ3) is 3.72. The fourth-order valence-electron chi connectivity index (χ4n) is 2.37. The second-order valence-corrected chi connectivity index (χ2v) is 5.37. The quantitative estimate of drug-likeness (QED) is 0.584. The summed E-state index contributed by atoms with van der Waals surface area (Å²) in [5.74, 6) is 1.96. The Morgan fingerprint density at radius 1 is 0.800 bits per heavy atom. The number of H-pyrrole nitrogens is 1. The topological polar surface area (TPSA) is 85.8 Å². The van der Waals surface area contributed by atoms with Gasteiger partial charge in [-0.1, -0.05) is 29.5 Å². The number of benzene rings is 2. The van der Waals surface area contributed by atoms with E-state index in [1.54, 1.807) is 0 Å². The number of nitrogens with one attached hydrogen (secondary N) is 1. The van der Waals surface area contributed by atoms with Gasteiger partial charge in [-0.25, -0.2) is 4.98 Å². The Balaban J connectivity index is 1.35. The van der Waals surface area contributed by atoms with Crippen molar-refractivity contribution in [1.82, 2.24) is 25.6 Å². The van der Waals surface area contributed by atoms with Gasteiger partial charge in [-0.15, -0.1) is 10.2 Å². The Hall–Kier alpha value is -3.48. The molecule has 0 fully saturated rings. The lowest BCUT2D eigenvalue weighted by Crippen LogP contribution is -1.99. The predicted molar refractivity (Wildman–Crippen MR) is 91.0 cm³/mol. The van der Waals surface area contributed by atoms with Crippen molar-refractivity contribution < 1.29 is 9.47 Å². The highest BCUT2D eigenvalue weighted by Crippen LogP contribution is 2.19. The van der Waals surface area contributed by atoms with E-state index in [4.69, 9.17) is 9.47 Å². The van der Waals surface area contributed by atoms with E-state index in [9.17, 15) is 0 Å². The minimum absolute atomic E-state index is 0.262. The zero-order chi connectivity index (χ0) is 16.9. The number of aromatic amines is 1. The number of fused-ring (bicyclic) bond motifs is 1. The standard InChI is InChI=1S/C18H15N5O2/c1-2-4-17-13(3-1)5-6-14(19-17)11-24-15-7-9-16(10-8-15)25-12-18-20-22-23-21-18/h1-10H,11-12H2,(H,20,21,22,23). The van der Waals surface area contributed by atoms with Gasteiger partial charge in [0.15, 0.2) is 6.61 Å². The van der Waals surface area contributed by atoms with Gasteiger partial charge in [-0.2, -0.15) is 5.21 Å². The molecule has 2 aromatic heterocycles. The van der Waals surface area contributed by atoms with Crippen LogP contribution < -0.4 is 9.47 Å². The normalized spacial score (nSPS) is 10.7. The van der Waals surface area contributed by atoms with Crippen molar-refractivity contribution in [3.63, 3.8) is 0 Å². The monoisotopic (exact) mass is 333 g/mol. The van der Waals surface area contributed by atoms with Crippen LogP contribution >= 0.6 is 0 Å². The summed E-state index contributed by atoms with van der Waals surface area (Å²) in [5, 5.41) is 14.6. The average molecular weight is 333 g/mol. The molecule has 0 aliphatic carbocycles. The minimum atomic E-state index is 0.262. The number of nitrogens with zero attached hydrogens (tertiary/aromatic N) is 4. The molecule has 0 saturated heterocycles. The molecule has 0 aliphatic heterocycles. The Kier molecular flexibility index (Phi) is 4.20. The maximum absolute atomic E-state index is 5.79. The number of aromatic nitrogens is 5.